The molecule has 1 fully saturated rings. The number of benzene rings is 2. The number of ether oxygens (including phenoxy) is 2. The summed E-state index contributed by atoms with van der Waals surface area (Å²) >= 11 is 0. The van der Waals surface area contributed by atoms with Crippen molar-refractivity contribution >= 4 is 11.9 Å². The summed E-state index contributed by atoms with van der Waals surface area (Å²) in [7, 11) is 3.19. The van der Waals surface area contributed by atoms with Crippen LogP contribution in [0.15, 0.2) is 54.7 Å². The summed E-state index contributed by atoms with van der Waals surface area (Å²) in [6.45, 7) is 2.40. The van der Waals surface area contributed by atoms with Crippen molar-refractivity contribution in [3.63, 3.8) is 0 Å². The van der Waals surface area contributed by atoms with Crippen LogP contribution in [0.4, 0.5) is 5.95 Å². The summed E-state index contributed by atoms with van der Waals surface area (Å²) in [4.78, 5) is 24.0. The molecule has 7 heteroatoms. The molecular formula is C25H28N4O3. The summed E-state index contributed by atoms with van der Waals surface area (Å²) < 4.78 is 10.6. The lowest BCUT2D eigenvalue weighted by Gasteiger charge is -2.26. The molecule has 1 amide bonds. The molecule has 7 nitrogen and oxygen atoms in total. The molecule has 0 aliphatic carbocycles. The molecule has 0 unspecified atom stereocenters. The standard InChI is InChI=1S/C25H28N4O3/c1-31-22-11-6-18(16-23(22)32-2)17-27-24(30)20-9-7-19(8-10-20)21-12-13-26-25(28-21)29-14-4-3-5-15-29/h6-13,16H,3-5,14-15,17H2,1-2H3,(H,27,30). The largest absolute Gasteiger partial charge is 0.493 e. The van der Waals surface area contributed by atoms with Gasteiger partial charge in [-0.05, 0) is 55.2 Å². The van der Waals surface area contributed by atoms with Gasteiger partial charge in [0, 0.05) is 37.0 Å². The Morgan fingerprint density at radius 3 is 2.44 bits per heavy atom. The van der Waals surface area contributed by atoms with Crippen molar-refractivity contribution < 1.29 is 14.3 Å². The Kier molecular flexibility index (Phi) is 6.84. The number of carbonyl (C=O) groups is 1. The van der Waals surface area contributed by atoms with Crippen LogP contribution < -0.4 is 19.7 Å². The van der Waals surface area contributed by atoms with Crippen LogP contribution in [0.2, 0.25) is 0 Å². The lowest BCUT2D eigenvalue weighted by Crippen LogP contribution is -2.30. The molecule has 32 heavy (non-hydrogen) atoms. The van der Waals surface area contributed by atoms with Crippen molar-refractivity contribution in [1.29, 1.82) is 0 Å². The Morgan fingerprint density at radius 2 is 1.72 bits per heavy atom. The molecule has 0 atom stereocenters. The van der Waals surface area contributed by atoms with Gasteiger partial charge in [0.1, 0.15) is 0 Å². The van der Waals surface area contributed by atoms with Crippen molar-refractivity contribution in [2.45, 2.75) is 25.8 Å². The quantitative estimate of drug-likeness (QED) is 0.606. The van der Waals surface area contributed by atoms with Crippen molar-refractivity contribution in [2.24, 2.45) is 0 Å². The van der Waals surface area contributed by atoms with Crippen LogP contribution in [0.1, 0.15) is 35.2 Å². The maximum atomic E-state index is 12.6. The first-order valence-electron chi connectivity index (χ1n) is 10.9. The molecule has 2 aromatic carbocycles. The minimum Gasteiger partial charge on any atom is -0.493 e. The van der Waals surface area contributed by atoms with Gasteiger partial charge in [-0.3, -0.25) is 4.79 Å². The molecule has 0 radical (unpaired) electrons. The Balaban J connectivity index is 1.41. The fourth-order valence-corrected chi connectivity index (χ4v) is 3.82. The summed E-state index contributed by atoms with van der Waals surface area (Å²) in [6, 6.07) is 15.0. The van der Waals surface area contributed by atoms with E-state index in [-0.39, 0.29) is 5.91 Å². The fourth-order valence-electron chi connectivity index (χ4n) is 3.82. The van der Waals surface area contributed by atoms with Crippen molar-refractivity contribution in [1.82, 2.24) is 15.3 Å². The Bertz CT molecular complexity index is 1060. The second kappa shape index (κ2) is 10.1. The number of amides is 1. The number of carbonyl (C=O) groups excluding carboxylic acids is 1. The highest BCUT2D eigenvalue weighted by molar-refractivity contribution is 5.94. The zero-order chi connectivity index (χ0) is 22.3. The molecule has 1 aliphatic rings. The molecule has 1 aliphatic heterocycles. The molecule has 1 N–H and O–H groups in total. The van der Waals surface area contributed by atoms with E-state index in [1.165, 1.54) is 19.3 Å². The van der Waals surface area contributed by atoms with E-state index < -0.39 is 0 Å². The van der Waals surface area contributed by atoms with E-state index in [2.05, 4.69) is 15.2 Å². The monoisotopic (exact) mass is 432 g/mol. The number of nitrogens with one attached hydrogen (secondary N) is 1. The molecule has 1 saturated heterocycles. The number of piperidine rings is 1. The lowest BCUT2D eigenvalue weighted by molar-refractivity contribution is 0.0951. The number of anilines is 1. The molecule has 3 aromatic rings. The SMILES string of the molecule is COc1ccc(CNC(=O)c2ccc(-c3ccnc(N4CCCCC4)n3)cc2)cc1OC. The van der Waals surface area contributed by atoms with E-state index in [1.54, 1.807) is 20.4 Å². The first-order valence-corrected chi connectivity index (χ1v) is 10.9. The number of rotatable bonds is 7. The van der Waals surface area contributed by atoms with Gasteiger partial charge in [0.15, 0.2) is 11.5 Å². The van der Waals surface area contributed by atoms with Gasteiger partial charge in [-0.1, -0.05) is 18.2 Å². The highest BCUT2D eigenvalue weighted by Gasteiger charge is 2.14. The summed E-state index contributed by atoms with van der Waals surface area (Å²) in [5, 5.41) is 2.95. The van der Waals surface area contributed by atoms with E-state index in [0.717, 1.165) is 35.9 Å². The zero-order valence-corrected chi connectivity index (χ0v) is 18.5. The van der Waals surface area contributed by atoms with Crippen LogP contribution >= 0.6 is 0 Å². The van der Waals surface area contributed by atoms with E-state index in [0.29, 0.717) is 23.6 Å². The molecule has 0 spiro atoms. The van der Waals surface area contributed by atoms with E-state index in [4.69, 9.17) is 14.5 Å². The molecule has 4 rings (SSSR count). The average molecular weight is 433 g/mol. The third kappa shape index (κ3) is 4.99. The lowest BCUT2D eigenvalue weighted by atomic mass is 10.1. The van der Waals surface area contributed by atoms with Crippen molar-refractivity contribution in [2.75, 3.05) is 32.2 Å². The van der Waals surface area contributed by atoms with Gasteiger partial charge in [0.2, 0.25) is 5.95 Å². The third-order valence-electron chi connectivity index (χ3n) is 5.63. The van der Waals surface area contributed by atoms with E-state index in [9.17, 15) is 4.79 Å². The normalized spacial score (nSPS) is 13.5. The van der Waals surface area contributed by atoms with E-state index in [1.807, 2.05) is 48.5 Å². The van der Waals surface area contributed by atoms with Crippen LogP contribution in [0.5, 0.6) is 11.5 Å². The maximum Gasteiger partial charge on any atom is 0.251 e. The predicted octanol–water partition coefficient (Wildman–Crippen LogP) is 4.08. The fraction of sp³-hybridized carbons (Fsp3) is 0.320. The van der Waals surface area contributed by atoms with Gasteiger partial charge in [0.05, 0.1) is 19.9 Å². The number of methoxy groups -OCH3 is 2. The van der Waals surface area contributed by atoms with Crippen LogP contribution in [-0.4, -0.2) is 43.2 Å². The van der Waals surface area contributed by atoms with Gasteiger partial charge >= 0.3 is 0 Å². The third-order valence-corrected chi connectivity index (χ3v) is 5.63. The average Bonchev–Trinajstić information content (AvgIpc) is 2.87. The molecule has 2 heterocycles. The van der Waals surface area contributed by atoms with Gasteiger partial charge in [-0.15, -0.1) is 0 Å². The summed E-state index contributed by atoms with van der Waals surface area (Å²) in [6.07, 6.45) is 5.43. The first kappa shape index (κ1) is 21.6. The zero-order valence-electron chi connectivity index (χ0n) is 18.5. The second-order valence-electron chi connectivity index (χ2n) is 7.74. The van der Waals surface area contributed by atoms with Gasteiger partial charge < -0.3 is 19.7 Å². The van der Waals surface area contributed by atoms with Crippen molar-refractivity contribution in [3.05, 3.63) is 65.9 Å². The predicted molar refractivity (Wildman–Crippen MR) is 124 cm³/mol. The number of aromatic nitrogens is 2. The van der Waals surface area contributed by atoms with Crippen LogP contribution in [0, 0.1) is 0 Å². The van der Waals surface area contributed by atoms with Gasteiger partial charge in [-0.25, -0.2) is 9.97 Å². The minimum atomic E-state index is -0.136. The molecule has 166 valence electrons. The Morgan fingerprint density at radius 1 is 0.969 bits per heavy atom. The first-order chi connectivity index (χ1) is 15.7. The number of nitrogens with zero attached hydrogens (tertiary/aromatic N) is 3. The maximum absolute atomic E-state index is 12.6. The molecule has 0 bridgehead atoms. The van der Waals surface area contributed by atoms with Crippen LogP contribution in [0.3, 0.4) is 0 Å². The smallest absolute Gasteiger partial charge is 0.251 e. The van der Waals surface area contributed by atoms with Crippen LogP contribution in [-0.2, 0) is 6.54 Å². The highest BCUT2D eigenvalue weighted by atomic mass is 16.5. The topological polar surface area (TPSA) is 76.6 Å². The van der Waals surface area contributed by atoms with Crippen molar-refractivity contribution in [3.8, 4) is 22.8 Å². The molecular weight excluding hydrogens is 404 g/mol. The highest BCUT2D eigenvalue weighted by Crippen LogP contribution is 2.27. The molecule has 0 saturated carbocycles. The molecule has 1 aromatic heterocycles. The van der Waals surface area contributed by atoms with Crippen LogP contribution in [0.25, 0.3) is 11.3 Å². The Hall–Kier alpha value is -3.61. The second-order valence-corrected chi connectivity index (χ2v) is 7.74. The van der Waals surface area contributed by atoms with E-state index >= 15 is 0 Å². The summed E-state index contributed by atoms with van der Waals surface area (Å²) in [5.41, 5.74) is 3.35. The minimum absolute atomic E-state index is 0.136. The summed E-state index contributed by atoms with van der Waals surface area (Å²) in [5.74, 6) is 1.94. The Labute approximate surface area is 188 Å². The van der Waals surface area contributed by atoms with Gasteiger partial charge in [-0.2, -0.15) is 0 Å². The number of hydrogen-bond acceptors (Lipinski definition) is 6. The van der Waals surface area contributed by atoms with Gasteiger partial charge in [0.25, 0.3) is 5.91 Å². The number of hydrogen-bond donors (Lipinski definition) is 1.